The molecule has 6 nitrogen and oxygen atoms in total. The zero-order valence-electron chi connectivity index (χ0n) is 15.0. The molecule has 3 aromatic rings. The van der Waals surface area contributed by atoms with Crippen molar-refractivity contribution in [3.05, 3.63) is 71.9 Å². The minimum atomic E-state index is -3.68. The number of nitrogens with one attached hydrogen (secondary N) is 1. The van der Waals surface area contributed by atoms with Crippen LogP contribution in [0.15, 0.2) is 65.7 Å². The van der Waals surface area contributed by atoms with Crippen molar-refractivity contribution < 1.29 is 17.9 Å². The van der Waals surface area contributed by atoms with Crippen LogP contribution in [0.1, 0.15) is 29.8 Å². The van der Waals surface area contributed by atoms with E-state index in [0.29, 0.717) is 0 Å². The number of carbonyl (C=O) groups excluding carboxylic acids is 1. The van der Waals surface area contributed by atoms with Crippen molar-refractivity contribution in [3.63, 3.8) is 0 Å². The average molecular weight is 384 g/mol. The second-order valence-corrected chi connectivity index (χ2v) is 8.09. The van der Waals surface area contributed by atoms with E-state index in [1.165, 1.54) is 24.3 Å². The number of sulfonamides is 1. The normalized spacial score (nSPS) is 11.7. The molecule has 0 saturated carbocycles. The first-order valence-electron chi connectivity index (χ1n) is 8.49. The fourth-order valence-electron chi connectivity index (χ4n) is 2.68. The summed E-state index contributed by atoms with van der Waals surface area (Å²) in [6.07, 6.45) is 1.68. The molecule has 2 aromatic carbocycles. The first-order valence-corrected chi connectivity index (χ1v) is 9.97. The minimum Gasteiger partial charge on any atom is -0.457 e. The SMILES string of the molecule is CC(C)NS(=O)(=O)c1cccc(C(=O)OCc2cccc3cccnc23)c1. The zero-order valence-corrected chi connectivity index (χ0v) is 15.9. The number of carbonyl (C=O) groups is 1. The number of aromatic nitrogens is 1. The van der Waals surface area contributed by atoms with Gasteiger partial charge in [0.15, 0.2) is 0 Å². The third kappa shape index (κ3) is 4.50. The molecule has 0 saturated heterocycles. The molecule has 7 heteroatoms. The number of benzene rings is 2. The summed E-state index contributed by atoms with van der Waals surface area (Å²) in [6.45, 7) is 3.51. The fraction of sp³-hybridized carbons (Fsp3) is 0.200. The fourth-order valence-corrected chi connectivity index (χ4v) is 3.98. The summed E-state index contributed by atoms with van der Waals surface area (Å²) in [5.74, 6) is -0.593. The summed E-state index contributed by atoms with van der Waals surface area (Å²) >= 11 is 0. The van der Waals surface area contributed by atoms with E-state index in [-0.39, 0.29) is 23.1 Å². The molecule has 1 heterocycles. The molecule has 0 aliphatic rings. The van der Waals surface area contributed by atoms with Crippen molar-refractivity contribution in [3.8, 4) is 0 Å². The van der Waals surface area contributed by atoms with Gasteiger partial charge in [0.1, 0.15) is 6.61 Å². The Balaban J connectivity index is 1.78. The van der Waals surface area contributed by atoms with Crippen LogP contribution in [-0.2, 0) is 21.4 Å². The van der Waals surface area contributed by atoms with Crippen LogP contribution in [0.4, 0.5) is 0 Å². The van der Waals surface area contributed by atoms with Crippen LogP contribution in [0.25, 0.3) is 10.9 Å². The predicted octanol–water partition coefficient (Wildman–Crippen LogP) is 3.28. The number of rotatable bonds is 6. The lowest BCUT2D eigenvalue weighted by Gasteiger charge is -2.11. The Bertz CT molecular complexity index is 1070. The smallest absolute Gasteiger partial charge is 0.338 e. The molecule has 140 valence electrons. The van der Waals surface area contributed by atoms with E-state index in [1.807, 2.05) is 30.3 Å². The molecule has 0 atom stereocenters. The van der Waals surface area contributed by atoms with Gasteiger partial charge in [-0.15, -0.1) is 0 Å². The molecule has 3 rings (SSSR count). The molecular formula is C20H20N2O4S. The lowest BCUT2D eigenvalue weighted by molar-refractivity contribution is 0.0474. The van der Waals surface area contributed by atoms with Gasteiger partial charge in [0, 0.05) is 23.2 Å². The predicted molar refractivity (Wildman–Crippen MR) is 103 cm³/mol. The van der Waals surface area contributed by atoms with Crippen LogP contribution < -0.4 is 4.72 Å². The highest BCUT2D eigenvalue weighted by molar-refractivity contribution is 7.89. The number of hydrogen-bond donors (Lipinski definition) is 1. The van der Waals surface area contributed by atoms with Gasteiger partial charge < -0.3 is 4.74 Å². The second kappa shape index (κ2) is 7.85. The van der Waals surface area contributed by atoms with Crippen LogP contribution in [0, 0.1) is 0 Å². The Morgan fingerprint density at radius 3 is 2.63 bits per heavy atom. The second-order valence-electron chi connectivity index (χ2n) is 6.37. The van der Waals surface area contributed by atoms with Gasteiger partial charge in [-0.25, -0.2) is 17.9 Å². The molecule has 0 radical (unpaired) electrons. The maximum absolute atomic E-state index is 12.4. The Morgan fingerprint density at radius 1 is 1.11 bits per heavy atom. The van der Waals surface area contributed by atoms with Crippen molar-refractivity contribution >= 4 is 26.9 Å². The number of ether oxygens (including phenoxy) is 1. The molecule has 0 spiro atoms. The number of esters is 1. The van der Waals surface area contributed by atoms with Gasteiger partial charge in [0.25, 0.3) is 0 Å². The minimum absolute atomic E-state index is 0.0254. The quantitative estimate of drug-likeness (QED) is 0.659. The molecule has 0 aliphatic carbocycles. The van der Waals surface area contributed by atoms with Crippen molar-refractivity contribution in [2.24, 2.45) is 0 Å². The standard InChI is InChI=1S/C20H20N2O4S/c1-14(2)22-27(24,25)18-10-4-7-16(12-18)20(23)26-13-17-8-3-6-15-9-5-11-21-19(15)17/h3-12,14,22H,13H2,1-2H3. The van der Waals surface area contributed by atoms with Crippen LogP contribution in [0.3, 0.4) is 0 Å². The molecular weight excluding hydrogens is 364 g/mol. The maximum atomic E-state index is 12.4. The zero-order chi connectivity index (χ0) is 19.4. The monoisotopic (exact) mass is 384 g/mol. The third-order valence-corrected chi connectivity index (χ3v) is 5.50. The van der Waals surface area contributed by atoms with Crippen LogP contribution >= 0.6 is 0 Å². The van der Waals surface area contributed by atoms with E-state index in [4.69, 9.17) is 4.74 Å². The summed E-state index contributed by atoms with van der Waals surface area (Å²) in [6, 6.07) is 15.0. The number of nitrogens with zero attached hydrogens (tertiary/aromatic N) is 1. The first-order chi connectivity index (χ1) is 12.9. The third-order valence-electron chi connectivity index (χ3n) is 3.85. The van der Waals surface area contributed by atoms with E-state index in [9.17, 15) is 13.2 Å². The molecule has 0 amide bonds. The molecule has 1 N–H and O–H groups in total. The molecule has 0 fully saturated rings. The average Bonchev–Trinajstić information content (AvgIpc) is 2.65. The maximum Gasteiger partial charge on any atom is 0.338 e. The Hall–Kier alpha value is -2.77. The summed E-state index contributed by atoms with van der Waals surface area (Å²) in [5.41, 5.74) is 1.73. The highest BCUT2D eigenvalue weighted by Crippen LogP contribution is 2.18. The van der Waals surface area contributed by atoms with E-state index in [0.717, 1.165) is 16.5 Å². The van der Waals surface area contributed by atoms with Gasteiger partial charge >= 0.3 is 5.97 Å². The number of pyridine rings is 1. The molecule has 27 heavy (non-hydrogen) atoms. The molecule has 1 aromatic heterocycles. The van der Waals surface area contributed by atoms with Crippen molar-refractivity contribution in [1.29, 1.82) is 0 Å². The topological polar surface area (TPSA) is 85.4 Å². The highest BCUT2D eigenvalue weighted by atomic mass is 32.2. The highest BCUT2D eigenvalue weighted by Gasteiger charge is 2.18. The van der Waals surface area contributed by atoms with Gasteiger partial charge in [0.05, 0.1) is 16.0 Å². The van der Waals surface area contributed by atoms with Gasteiger partial charge in [-0.2, -0.15) is 0 Å². The largest absolute Gasteiger partial charge is 0.457 e. The van der Waals surface area contributed by atoms with Crippen LogP contribution in [-0.4, -0.2) is 25.4 Å². The Morgan fingerprint density at radius 2 is 1.85 bits per heavy atom. The Labute approximate surface area is 158 Å². The summed E-state index contributed by atoms with van der Waals surface area (Å²) < 4.78 is 32.4. The molecule has 0 bridgehead atoms. The van der Waals surface area contributed by atoms with Gasteiger partial charge in [-0.05, 0) is 38.1 Å². The summed E-state index contributed by atoms with van der Waals surface area (Å²) in [7, 11) is -3.68. The van der Waals surface area contributed by atoms with E-state index in [1.54, 1.807) is 20.0 Å². The van der Waals surface area contributed by atoms with Crippen molar-refractivity contribution in [1.82, 2.24) is 9.71 Å². The van der Waals surface area contributed by atoms with Crippen LogP contribution in [0.2, 0.25) is 0 Å². The lowest BCUT2D eigenvalue weighted by Crippen LogP contribution is -2.30. The first kappa shape index (κ1) is 19.0. The van der Waals surface area contributed by atoms with Crippen molar-refractivity contribution in [2.45, 2.75) is 31.4 Å². The van der Waals surface area contributed by atoms with Gasteiger partial charge in [-0.3, -0.25) is 4.98 Å². The Kier molecular flexibility index (Phi) is 5.53. The van der Waals surface area contributed by atoms with Crippen molar-refractivity contribution in [2.75, 3.05) is 0 Å². The van der Waals surface area contributed by atoms with Gasteiger partial charge in [-0.1, -0.05) is 30.3 Å². The molecule has 0 unspecified atom stereocenters. The van der Waals surface area contributed by atoms with Crippen LogP contribution in [0.5, 0.6) is 0 Å². The summed E-state index contributed by atoms with van der Waals surface area (Å²) in [4.78, 5) is 16.7. The summed E-state index contributed by atoms with van der Waals surface area (Å²) in [5, 5.41) is 0.957. The number of hydrogen-bond acceptors (Lipinski definition) is 5. The van der Waals surface area contributed by atoms with Gasteiger partial charge in [0.2, 0.25) is 10.0 Å². The van der Waals surface area contributed by atoms with E-state index in [2.05, 4.69) is 9.71 Å². The van der Waals surface area contributed by atoms with E-state index < -0.39 is 16.0 Å². The van der Waals surface area contributed by atoms with E-state index >= 15 is 0 Å². The molecule has 0 aliphatic heterocycles. The lowest BCUT2D eigenvalue weighted by atomic mass is 10.1. The number of para-hydroxylation sites is 1. The number of fused-ring (bicyclic) bond motifs is 1.